The standard InChI is InChI=1S/C17H20FN5O2/c1-22-14-8-10(11-4-6-19-9-13(11)18)2-3-12(14)16(21-22)23-7-5-15(24)20-17(23)25/h2-3,8,11,13,19H,4-7,9H2,1H3,(H,20,24,25)/t11-,13-/m1/s1. The summed E-state index contributed by atoms with van der Waals surface area (Å²) in [6.45, 7) is 1.49. The Labute approximate surface area is 144 Å². The number of nitrogens with one attached hydrogen (secondary N) is 2. The van der Waals surface area contributed by atoms with Crippen molar-refractivity contribution in [2.75, 3.05) is 24.5 Å². The highest BCUT2D eigenvalue weighted by atomic mass is 19.1. The number of alkyl halides is 1. The number of piperidine rings is 1. The van der Waals surface area contributed by atoms with E-state index >= 15 is 0 Å². The molecule has 1 aromatic carbocycles. The van der Waals surface area contributed by atoms with Crippen LogP contribution in [0.15, 0.2) is 18.2 Å². The molecular formula is C17H20FN5O2. The highest BCUT2D eigenvalue weighted by molar-refractivity contribution is 6.08. The van der Waals surface area contributed by atoms with E-state index in [-0.39, 0.29) is 18.2 Å². The molecule has 0 bridgehead atoms. The fraction of sp³-hybridized carbons (Fsp3) is 0.471. The molecule has 132 valence electrons. The van der Waals surface area contributed by atoms with Crippen molar-refractivity contribution in [1.82, 2.24) is 20.4 Å². The molecule has 2 aliphatic heterocycles. The Bertz CT molecular complexity index is 849. The Balaban J connectivity index is 1.71. The predicted molar refractivity (Wildman–Crippen MR) is 91.3 cm³/mol. The van der Waals surface area contributed by atoms with Gasteiger partial charge in [-0.1, -0.05) is 6.07 Å². The van der Waals surface area contributed by atoms with Gasteiger partial charge in [0.25, 0.3) is 0 Å². The number of hydrogen-bond donors (Lipinski definition) is 2. The van der Waals surface area contributed by atoms with Crippen molar-refractivity contribution in [3.63, 3.8) is 0 Å². The number of carbonyl (C=O) groups excluding carboxylic acids is 2. The number of carbonyl (C=O) groups is 2. The Morgan fingerprint density at radius 3 is 2.92 bits per heavy atom. The lowest BCUT2D eigenvalue weighted by atomic mass is 9.88. The number of anilines is 1. The van der Waals surface area contributed by atoms with Crippen LogP contribution in [0.25, 0.3) is 10.9 Å². The molecule has 3 heterocycles. The van der Waals surface area contributed by atoms with Crippen molar-refractivity contribution >= 4 is 28.7 Å². The second-order valence-corrected chi connectivity index (χ2v) is 6.59. The zero-order chi connectivity index (χ0) is 17.6. The van der Waals surface area contributed by atoms with E-state index < -0.39 is 12.2 Å². The van der Waals surface area contributed by atoms with Crippen molar-refractivity contribution in [3.05, 3.63) is 23.8 Å². The second kappa shape index (κ2) is 6.11. The maximum absolute atomic E-state index is 14.2. The molecule has 0 aliphatic carbocycles. The molecule has 0 radical (unpaired) electrons. The molecule has 0 spiro atoms. The van der Waals surface area contributed by atoms with Gasteiger partial charge in [0, 0.05) is 37.9 Å². The number of fused-ring (bicyclic) bond motifs is 1. The van der Waals surface area contributed by atoms with Gasteiger partial charge in [-0.25, -0.2) is 9.18 Å². The number of urea groups is 1. The van der Waals surface area contributed by atoms with Gasteiger partial charge in [-0.2, -0.15) is 5.10 Å². The van der Waals surface area contributed by atoms with Gasteiger partial charge in [0.1, 0.15) is 6.17 Å². The van der Waals surface area contributed by atoms with Gasteiger partial charge in [0.15, 0.2) is 5.82 Å². The van der Waals surface area contributed by atoms with Crippen LogP contribution in [0, 0.1) is 0 Å². The van der Waals surface area contributed by atoms with E-state index in [1.165, 1.54) is 4.90 Å². The molecule has 8 heteroatoms. The Morgan fingerprint density at radius 2 is 2.16 bits per heavy atom. The van der Waals surface area contributed by atoms with Crippen molar-refractivity contribution in [2.24, 2.45) is 7.05 Å². The lowest BCUT2D eigenvalue weighted by molar-refractivity contribution is -0.120. The quantitative estimate of drug-likeness (QED) is 0.863. The van der Waals surface area contributed by atoms with Gasteiger partial charge in [-0.05, 0) is 30.7 Å². The smallest absolute Gasteiger partial charge is 0.314 e. The van der Waals surface area contributed by atoms with Crippen LogP contribution in [0.3, 0.4) is 0 Å². The highest BCUT2D eigenvalue weighted by Gasteiger charge is 2.29. The van der Waals surface area contributed by atoms with Gasteiger partial charge in [-0.15, -0.1) is 0 Å². The number of benzene rings is 1. The third-order valence-corrected chi connectivity index (χ3v) is 5.00. The molecule has 2 fully saturated rings. The van der Waals surface area contributed by atoms with Crippen LogP contribution in [0.4, 0.5) is 15.0 Å². The Kier molecular flexibility index (Phi) is 3.91. The SMILES string of the molecule is Cn1nc(N2CCC(=O)NC2=O)c2ccc([C@H]3CCNC[C@H]3F)cc21. The fourth-order valence-electron chi connectivity index (χ4n) is 3.65. The minimum absolute atomic E-state index is 0.125. The number of halogens is 1. The third-order valence-electron chi connectivity index (χ3n) is 5.00. The van der Waals surface area contributed by atoms with Gasteiger partial charge in [-0.3, -0.25) is 19.7 Å². The minimum atomic E-state index is -0.905. The molecule has 0 saturated carbocycles. The molecular weight excluding hydrogens is 325 g/mol. The van der Waals surface area contributed by atoms with Crippen molar-refractivity contribution < 1.29 is 14.0 Å². The van der Waals surface area contributed by atoms with E-state index in [1.54, 1.807) is 11.7 Å². The highest BCUT2D eigenvalue weighted by Crippen LogP contribution is 2.33. The first kappa shape index (κ1) is 16.0. The number of imide groups is 1. The van der Waals surface area contributed by atoms with E-state index in [0.717, 1.165) is 29.4 Å². The number of rotatable bonds is 2. The van der Waals surface area contributed by atoms with Crippen molar-refractivity contribution in [3.8, 4) is 0 Å². The van der Waals surface area contributed by atoms with E-state index in [1.807, 2.05) is 18.2 Å². The fourth-order valence-corrected chi connectivity index (χ4v) is 3.65. The lowest BCUT2D eigenvalue weighted by Crippen LogP contribution is -2.49. The summed E-state index contributed by atoms with van der Waals surface area (Å²) in [5.74, 6) is 0.125. The van der Waals surface area contributed by atoms with E-state index in [0.29, 0.717) is 18.9 Å². The molecule has 25 heavy (non-hydrogen) atoms. The Morgan fingerprint density at radius 1 is 1.32 bits per heavy atom. The van der Waals surface area contributed by atoms with Crippen LogP contribution < -0.4 is 15.5 Å². The molecule has 2 saturated heterocycles. The largest absolute Gasteiger partial charge is 0.329 e. The summed E-state index contributed by atoms with van der Waals surface area (Å²) in [7, 11) is 1.80. The predicted octanol–water partition coefficient (Wildman–Crippen LogP) is 1.43. The summed E-state index contributed by atoms with van der Waals surface area (Å²) < 4.78 is 15.9. The van der Waals surface area contributed by atoms with Gasteiger partial charge < -0.3 is 5.32 Å². The summed E-state index contributed by atoms with van der Waals surface area (Å²) in [4.78, 5) is 24.9. The molecule has 4 rings (SSSR count). The van der Waals surface area contributed by atoms with Gasteiger partial charge in [0.2, 0.25) is 5.91 Å². The molecule has 2 aromatic rings. The number of nitrogens with zero attached hydrogens (tertiary/aromatic N) is 3. The summed E-state index contributed by atoms with van der Waals surface area (Å²) in [5, 5.41) is 10.7. The summed E-state index contributed by atoms with van der Waals surface area (Å²) in [5.41, 5.74) is 1.80. The summed E-state index contributed by atoms with van der Waals surface area (Å²) in [6, 6.07) is 5.32. The van der Waals surface area contributed by atoms with Crippen molar-refractivity contribution in [1.29, 1.82) is 0 Å². The molecule has 3 amide bonds. The Hall–Kier alpha value is -2.48. The summed E-state index contributed by atoms with van der Waals surface area (Å²) in [6.07, 6.45) is 0.104. The third kappa shape index (κ3) is 2.76. The topological polar surface area (TPSA) is 79.3 Å². The first-order valence-electron chi connectivity index (χ1n) is 8.47. The molecule has 2 atom stereocenters. The second-order valence-electron chi connectivity index (χ2n) is 6.59. The monoisotopic (exact) mass is 345 g/mol. The first-order valence-corrected chi connectivity index (χ1v) is 8.47. The molecule has 2 aliphatic rings. The molecule has 1 aromatic heterocycles. The molecule has 2 N–H and O–H groups in total. The first-order chi connectivity index (χ1) is 12.0. The minimum Gasteiger partial charge on any atom is -0.314 e. The number of hydrogen-bond acceptors (Lipinski definition) is 4. The van der Waals surface area contributed by atoms with Gasteiger partial charge in [0.05, 0.1) is 5.52 Å². The number of aryl methyl sites for hydroxylation is 1. The lowest BCUT2D eigenvalue weighted by Gasteiger charge is -2.27. The number of amides is 3. The maximum atomic E-state index is 14.2. The van der Waals surface area contributed by atoms with E-state index in [2.05, 4.69) is 15.7 Å². The number of aromatic nitrogens is 2. The molecule has 0 unspecified atom stereocenters. The summed E-state index contributed by atoms with van der Waals surface area (Å²) >= 11 is 0. The van der Waals surface area contributed by atoms with Gasteiger partial charge >= 0.3 is 6.03 Å². The van der Waals surface area contributed by atoms with E-state index in [9.17, 15) is 14.0 Å². The van der Waals surface area contributed by atoms with Crippen LogP contribution in [0.1, 0.15) is 24.3 Å². The average molecular weight is 345 g/mol. The van der Waals surface area contributed by atoms with Crippen LogP contribution in [-0.2, 0) is 11.8 Å². The average Bonchev–Trinajstić information content (AvgIpc) is 2.91. The maximum Gasteiger partial charge on any atom is 0.329 e. The van der Waals surface area contributed by atoms with E-state index in [4.69, 9.17) is 0 Å². The normalized spacial score (nSPS) is 24.6. The molecule has 7 nitrogen and oxygen atoms in total. The zero-order valence-corrected chi connectivity index (χ0v) is 14.0. The zero-order valence-electron chi connectivity index (χ0n) is 14.0. The van der Waals surface area contributed by atoms with Crippen LogP contribution in [-0.4, -0.2) is 47.5 Å². The van der Waals surface area contributed by atoms with Crippen LogP contribution in [0.5, 0.6) is 0 Å². The van der Waals surface area contributed by atoms with Crippen LogP contribution >= 0.6 is 0 Å². The van der Waals surface area contributed by atoms with Crippen molar-refractivity contribution in [2.45, 2.75) is 24.9 Å². The van der Waals surface area contributed by atoms with Crippen LogP contribution in [0.2, 0.25) is 0 Å².